The molecule has 0 N–H and O–H groups in total. The van der Waals surface area contributed by atoms with E-state index in [2.05, 4.69) is 27.1 Å². The molecule has 1 aromatic rings. The monoisotopic (exact) mass is 222 g/mol. The first kappa shape index (κ1) is 12.0. The molecule has 0 atom stereocenters. The second-order valence-electron chi connectivity index (χ2n) is 2.18. The summed E-state index contributed by atoms with van der Waals surface area (Å²) >= 11 is 3.38. The molecule has 0 spiro atoms. The fraction of sp³-hybridized carbons (Fsp3) is 0.200. The van der Waals surface area contributed by atoms with Gasteiger partial charge < -0.3 is 9.47 Å². The summed E-state index contributed by atoms with van der Waals surface area (Å²) in [5.74, 6) is 1.54. The molecular weight excluding hydrogens is 211 g/mol. The Bertz CT molecular complexity index is 281. The Hall–Kier alpha value is -1.04. The zero-order valence-electron chi connectivity index (χ0n) is 7.65. The van der Waals surface area contributed by atoms with Gasteiger partial charge in [-0.2, -0.15) is 18.6 Å². The Morgan fingerprint density at radius 2 is 1.85 bits per heavy atom. The summed E-state index contributed by atoms with van der Waals surface area (Å²) in [5, 5.41) is 4.12. The molecule has 0 unspecified atom stereocenters. The first-order valence-corrected chi connectivity index (χ1v) is 4.07. The van der Waals surface area contributed by atoms with Crippen molar-refractivity contribution in [2.75, 3.05) is 14.2 Å². The molecule has 1 aromatic carbocycles. The Labute approximate surface area is 86.4 Å². The molecular formula is C10H12NiO2-. The molecule has 0 saturated carbocycles. The van der Waals surface area contributed by atoms with E-state index in [-0.39, 0.29) is 0 Å². The SMILES string of the molecule is [CH2-]c1ccc(OC)cc1OC.[CH]#[Ni]. The van der Waals surface area contributed by atoms with Gasteiger partial charge in [-0.05, 0) is 6.07 Å². The van der Waals surface area contributed by atoms with Crippen molar-refractivity contribution in [3.63, 3.8) is 0 Å². The normalized spacial score (nSPS) is 8.15. The fourth-order valence-electron chi connectivity index (χ4n) is 0.852. The maximum absolute atomic E-state index is 5.04. The van der Waals surface area contributed by atoms with E-state index in [1.54, 1.807) is 14.2 Å². The molecule has 0 saturated heterocycles. The van der Waals surface area contributed by atoms with E-state index in [4.69, 9.17) is 9.47 Å². The summed E-state index contributed by atoms with van der Waals surface area (Å²) in [6, 6.07) is 5.52. The van der Waals surface area contributed by atoms with Crippen molar-refractivity contribution in [2.24, 2.45) is 0 Å². The van der Waals surface area contributed by atoms with E-state index in [0.29, 0.717) is 0 Å². The van der Waals surface area contributed by atoms with Gasteiger partial charge in [-0.25, -0.2) is 0 Å². The molecule has 0 bridgehead atoms. The quantitative estimate of drug-likeness (QED) is 0.563. The summed E-state index contributed by atoms with van der Waals surface area (Å²) in [7, 11) is 3.24. The molecule has 0 aliphatic carbocycles. The molecule has 0 heterocycles. The Balaban J connectivity index is 0.000000671. The van der Waals surface area contributed by atoms with Gasteiger partial charge in [-0.15, -0.1) is 0 Å². The van der Waals surface area contributed by atoms with Crippen molar-refractivity contribution in [3.05, 3.63) is 30.7 Å². The Kier molecular flexibility index (Phi) is 5.96. The first-order chi connectivity index (χ1) is 6.27. The molecule has 0 radical (unpaired) electrons. The second-order valence-corrected chi connectivity index (χ2v) is 2.18. The molecule has 13 heavy (non-hydrogen) atoms. The van der Waals surface area contributed by atoms with E-state index in [0.717, 1.165) is 17.1 Å². The van der Waals surface area contributed by atoms with Gasteiger partial charge in [0.25, 0.3) is 0 Å². The van der Waals surface area contributed by atoms with Gasteiger partial charge in [0.1, 0.15) is 0 Å². The summed E-state index contributed by atoms with van der Waals surface area (Å²) in [5.41, 5.74) is 0.869. The van der Waals surface area contributed by atoms with Crippen LogP contribution in [0.4, 0.5) is 0 Å². The third kappa shape index (κ3) is 3.46. The van der Waals surface area contributed by atoms with E-state index >= 15 is 0 Å². The van der Waals surface area contributed by atoms with Crippen LogP contribution in [0.5, 0.6) is 11.5 Å². The van der Waals surface area contributed by atoms with Crippen LogP contribution in [-0.2, 0) is 14.8 Å². The zero-order chi connectivity index (χ0) is 10.3. The van der Waals surface area contributed by atoms with Crippen molar-refractivity contribution in [3.8, 4) is 16.8 Å². The Morgan fingerprint density at radius 3 is 2.31 bits per heavy atom. The molecule has 0 aromatic heterocycles. The van der Waals surface area contributed by atoms with Crippen LogP contribution >= 0.6 is 0 Å². The number of hydrogen-bond donors (Lipinski definition) is 0. The predicted molar refractivity (Wildman–Crippen MR) is 49.0 cm³/mol. The van der Waals surface area contributed by atoms with Crippen LogP contribution in [0.1, 0.15) is 5.56 Å². The summed E-state index contributed by atoms with van der Waals surface area (Å²) < 4.78 is 10.0. The number of hydrogen-bond acceptors (Lipinski definition) is 2. The maximum atomic E-state index is 5.04. The number of methoxy groups -OCH3 is 2. The zero-order valence-corrected chi connectivity index (χ0v) is 8.64. The van der Waals surface area contributed by atoms with Crippen molar-refractivity contribution < 1.29 is 24.3 Å². The summed E-state index contributed by atoms with van der Waals surface area (Å²) in [4.78, 5) is 0. The minimum absolute atomic E-state index is 0.754. The van der Waals surface area contributed by atoms with Gasteiger partial charge in [0, 0.05) is 5.75 Å². The van der Waals surface area contributed by atoms with Crippen LogP contribution < -0.4 is 9.47 Å². The molecule has 1 rings (SSSR count). The van der Waals surface area contributed by atoms with E-state index in [1.807, 2.05) is 18.2 Å². The standard InChI is InChI=1S/C9H11O2.CH.Ni/c1-7-4-5-8(10-2)6-9(7)11-3;;/h4-6H,1H2,2-3H3;1H;/q-1;;. The average molecular weight is 223 g/mol. The second kappa shape index (κ2) is 6.48. The van der Waals surface area contributed by atoms with Crippen molar-refractivity contribution >= 4 is 0 Å². The molecule has 3 heteroatoms. The van der Waals surface area contributed by atoms with Crippen molar-refractivity contribution in [1.82, 2.24) is 0 Å². The van der Waals surface area contributed by atoms with E-state index < -0.39 is 0 Å². The number of benzene rings is 1. The minimum atomic E-state index is 0.754. The van der Waals surface area contributed by atoms with Crippen molar-refractivity contribution in [1.29, 1.82) is 0 Å². The van der Waals surface area contributed by atoms with Gasteiger partial charge in [0.2, 0.25) is 0 Å². The van der Waals surface area contributed by atoms with Gasteiger partial charge >= 0.3 is 20.1 Å². The van der Waals surface area contributed by atoms with Crippen molar-refractivity contribution in [2.45, 2.75) is 0 Å². The molecule has 75 valence electrons. The summed E-state index contributed by atoms with van der Waals surface area (Å²) in [6.07, 6.45) is 0. The van der Waals surface area contributed by atoms with Gasteiger partial charge in [0.05, 0.1) is 20.0 Å². The Morgan fingerprint density at radius 1 is 1.23 bits per heavy atom. The number of rotatable bonds is 2. The molecule has 0 aliphatic rings. The van der Waals surface area contributed by atoms with Gasteiger partial charge in [-0.3, -0.25) is 0 Å². The summed E-state index contributed by atoms with van der Waals surface area (Å²) in [6.45, 7) is 3.79. The topological polar surface area (TPSA) is 18.5 Å². The first-order valence-electron chi connectivity index (χ1n) is 3.50. The van der Waals surface area contributed by atoms with Crippen LogP contribution in [0.3, 0.4) is 0 Å². The molecule has 0 aliphatic heterocycles. The predicted octanol–water partition coefficient (Wildman–Crippen LogP) is 2.01. The van der Waals surface area contributed by atoms with Crippen LogP contribution in [0, 0.1) is 12.2 Å². The average Bonchev–Trinajstić information content (AvgIpc) is 2.22. The molecule has 0 fully saturated rings. The third-order valence-corrected chi connectivity index (χ3v) is 1.49. The van der Waals surface area contributed by atoms with E-state index in [1.165, 1.54) is 0 Å². The number of ether oxygens (including phenoxy) is 2. The van der Waals surface area contributed by atoms with Crippen LogP contribution in [0.25, 0.3) is 0 Å². The van der Waals surface area contributed by atoms with Crippen LogP contribution in [0.15, 0.2) is 18.2 Å². The molecule has 2 nitrogen and oxygen atoms in total. The third-order valence-electron chi connectivity index (χ3n) is 1.49. The van der Waals surface area contributed by atoms with Gasteiger partial charge in [-0.1, -0.05) is 6.07 Å². The molecule has 0 amide bonds. The van der Waals surface area contributed by atoms with E-state index in [9.17, 15) is 0 Å². The van der Waals surface area contributed by atoms with Crippen LogP contribution in [0.2, 0.25) is 0 Å². The van der Waals surface area contributed by atoms with Crippen LogP contribution in [-0.4, -0.2) is 14.2 Å². The van der Waals surface area contributed by atoms with Gasteiger partial charge in [0.15, 0.2) is 0 Å². The fourth-order valence-corrected chi connectivity index (χ4v) is 0.852.